The molecule has 1 N–H and O–H groups in total. The molecule has 0 fully saturated rings. The van der Waals surface area contributed by atoms with Gasteiger partial charge in [-0.15, -0.1) is 0 Å². The van der Waals surface area contributed by atoms with Gasteiger partial charge in [-0.1, -0.05) is 12.2 Å². The second kappa shape index (κ2) is 7.19. The number of benzene rings is 1. The number of aliphatic hydroxyl groups is 1. The Morgan fingerprint density at radius 3 is 2.04 bits per heavy atom. The topological polar surface area (TPSA) is 89.9 Å². The molecule has 0 spiro atoms. The third-order valence-corrected chi connectivity index (χ3v) is 2.67. The zero-order valence-electron chi connectivity index (χ0n) is 13.8. The van der Waals surface area contributed by atoms with Crippen molar-refractivity contribution < 1.29 is 29.0 Å². The highest BCUT2D eigenvalue weighted by Gasteiger charge is 2.21. The van der Waals surface area contributed by atoms with Gasteiger partial charge in [0, 0.05) is 19.4 Å². The summed E-state index contributed by atoms with van der Waals surface area (Å²) in [6.45, 7) is 6.84. The van der Waals surface area contributed by atoms with Crippen LogP contribution in [0.4, 0.5) is 0 Å². The van der Waals surface area contributed by atoms with Crippen LogP contribution < -0.4 is 9.47 Å². The molecule has 0 aliphatic carbocycles. The summed E-state index contributed by atoms with van der Waals surface area (Å²) in [5.74, 6) is -1.63. The molecule has 6 heteroatoms. The third kappa shape index (κ3) is 5.67. The normalized spacial score (nSPS) is 11.4. The number of hydrogen-bond acceptors (Lipinski definition) is 6. The molecule has 1 aromatic carbocycles. The second-order valence-electron chi connectivity index (χ2n) is 5.59. The van der Waals surface area contributed by atoms with Crippen LogP contribution in [0.3, 0.4) is 0 Å². The Morgan fingerprint density at radius 1 is 1.04 bits per heavy atom. The zero-order valence-corrected chi connectivity index (χ0v) is 13.8. The van der Waals surface area contributed by atoms with Crippen LogP contribution >= 0.6 is 0 Å². The minimum Gasteiger partial charge on any atom is -0.426 e. The minimum absolute atomic E-state index is 0.00621. The van der Waals surface area contributed by atoms with Gasteiger partial charge in [0.05, 0.1) is 5.60 Å². The third-order valence-electron chi connectivity index (χ3n) is 2.67. The molecule has 0 aliphatic rings. The van der Waals surface area contributed by atoms with Crippen molar-refractivity contribution in [1.82, 2.24) is 0 Å². The van der Waals surface area contributed by atoms with Gasteiger partial charge in [-0.05, 0) is 32.9 Å². The average Bonchev–Trinajstić information content (AvgIpc) is 2.34. The SMILES string of the molecule is CC(=O)Oc1ccc(/C=C/C(C)(C)O)c(OC(C)=O)c1C(C)=O. The molecule has 23 heavy (non-hydrogen) atoms. The fourth-order valence-electron chi connectivity index (χ4n) is 1.83. The first kappa shape index (κ1) is 18.6. The van der Waals surface area contributed by atoms with Crippen LogP contribution in [-0.4, -0.2) is 28.4 Å². The summed E-state index contributed by atoms with van der Waals surface area (Å²) >= 11 is 0. The lowest BCUT2D eigenvalue weighted by molar-refractivity contribution is -0.132. The molecule has 0 saturated carbocycles. The van der Waals surface area contributed by atoms with Gasteiger partial charge in [-0.3, -0.25) is 14.4 Å². The van der Waals surface area contributed by atoms with Crippen LogP contribution in [0.15, 0.2) is 18.2 Å². The molecule has 1 rings (SSSR count). The van der Waals surface area contributed by atoms with Gasteiger partial charge in [0.25, 0.3) is 0 Å². The van der Waals surface area contributed by atoms with Gasteiger partial charge in [0.2, 0.25) is 0 Å². The van der Waals surface area contributed by atoms with Crippen molar-refractivity contribution in [3.63, 3.8) is 0 Å². The summed E-state index contributed by atoms with van der Waals surface area (Å²) in [5, 5.41) is 9.77. The molecular weight excluding hydrogens is 300 g/mol. The second-order valence-corrected chi connectivity index (χ2v) is 5.59. The molecular formula is C17H20O6. The van der Waals surface area contributed by atoms with Gasteiger partial charge in [-0.25, -0.2) is 0 Å². The molecule has 0 amide bonds. The van der Waals surface area contributed by atoms with Crippen LogP contribution in [0.1, 0.15) is 50.5 Å². The lowest BCUT2D eigenvalue weighted by Crippen LogP contribution is -2.14. The van der Waals surface area contributed by atoms with E-state index in [1.54, 1.807) is 13.8 Å². The van der Waals surface area contributed by atoms with Crippen LogP contribution in [0.5, 0.6) is 11.5 Å². The Morgan fingerprint density at radius 2 is 1.61 bits per heavy atom. The molecule has 0 atom stereocenters. The highest BCUT2D eigenvalue weighted by molar-refractivity contribution is 6.02. The van der Waals surface area contributed by atoms with Crippen LogP contribution in [0, 0.1) is 0 Å². The van der Waals surface area contributed by atoms with E-state index >= 15 is 0 Å². The van der Waals surface area contributed by atoms with Gasteiger partial charge >= 0.3 is 11.9 Å². The summed E-state index contributed by atoms with van der Waals surface area (Å²) in [6, 6.07) is 2.97. The lowest BCUT2D eigenvalue weighted by atomic mass is 10.0. The molecule has 124 valence electrons. The quantitative estimate of drug-likeness (QED) is 0.509. The molecule has 0 unspecified atom stereocenters. The van der Waals surface area contributed by atoms with E-state index in [0.717, 1.165) is 0 Å². The summed E-state index contributed by atoms with van der Waals surface area (Å²) in [7, 11) is 0. The van der Waals surface area contributed by atoms with Crippen molar-refractivity contribution in [2.24, 2.45) is 0 Å². The number of ketones is 1. The Hall–Kier alpha value is -2.47. The first-order valence-electron chi connectivity index (χ1n) is 6.97. The summed E-state index contributed by atoms with van der Waals surface area (Å²) in [4.78, 5) is 34.5. The summed E-state index contributed by atoms with van der Waals surface area (Å²) in [6.07, 6.45) is 3.02. The molecule has 0 aromatic heterocycles. The Bertz CT molecular complexity index is 664. The molecule has 0 aliphatic heterocycles. The van der Waals surface area contributed by atoms with E-state index in [2.05, 4.69) is 0 Å². The van der Waals surface area contributed by atoms with Crippen LogP contribution in [0.25, 0.3) is 6.08 Å². The maximum Gasteiger partial charge on any atom is 0.308 e. The summed E-state index contributed by atoms with van der Waals surface area (Å²) < 4.78 is 10.1. The maximum absolute atomic E-state index is 11.9. The van der Waals surface area contributed by atoms with Crippen molar-refractivity contribution in [2.75, 3.05) is 0 Å². The maximum atomic E-state index is 11.9. The number of hydrogen-bond donors (Lipinski definition) is 1. The van der Waals surface area contributed by atoms with Crippen LogP contribution in [-0.2, 0) is 9.59 Å². The van der Waals surface area contributed by atoms with E-state index in [1.807, 2.05) is 0 Å². The van der Waals surface area contributed by atoms with Gasteiger partial charge in [0.15, 0.2) is 11.5 Å². The smallest absolute Gasteiger partial charge is 0.308 e. The van der Waals surface area contributed by atoms with E-state index < -0.39 is 23.3 Å². The van der Waals surface area contributed by atoms with Crippen molar-refractivity contribution in [1.29, 1.82) is 0 Å². The van der Waals surface area contributed by atoms with Crippen molar-refractivity contribution in [3.05, 3.63) is 29.3 Å². The molecule has 6 nitrogen and oxygen atoms in total. The van der Waals surface area contributed by atoms with E-state index in [-0.39, 0.29) is 17.1 Å². The van der Waals surface area contributed by atoms with E-state index in [4.69, 9.17) is 9.47 Å². The summed E-state index contributed by atoms with van der Waals surface area (Å²) in [5.41, 5.74) is -0.685. The van der Waals surface area contributed by atoms with Crippen LogP contribution in [0.2, 0.25) is 0 Å². The molecule has 0 radical (unpaired) electrons. The lowest BCUT2D eigenvalue weighted by Gasteiger charge is -2.15. The fourth-order valence-corrected chi connectivity index (χ4v) is 1.83. The fraction of sp³-hybridized carbons (Fsp3) is 0.353. The van der Waals surface area contributed by atoms with Gasteiger partial charge in [-0.2, -0.15) is 0 Å². The minimum atomic E-state index is -1.08. The first-order valence-corrected chi connectivity index (χ1v) is 6.97. The van der Waals surface area contributed by atoms with E-state index in [1.165, 1.54) is 45.1 Å². The number of carbonyl (C=O) groups excluding carboxylic acids is 3. The monoisotopic (exact) mass is 320 g/mol. The number of ether oxygens (including phenoxy) is 2. The zero-order chi connectivity index (χ0) is 17.8. The number of rotatable bonds is 5. The average molecular weight is 320 g/mol. The van der Waals surface area contributed by atoms with Crippen molar-refractivity contribution >= 4 is 23.8 Å². The Kier molecular flexibility index (Phi) is 5.81. The van der Waals surface area contributed by atoms with Crippen molar-refractivity contribution in [3.8, 4) is 11.5 Å². The molecule has 0 bridgehead atoms. The number of Topliss-reactive ketones (excluding diaryl/α,β-unsaturated/α-hetero) is 1. The molecule has 0 heterocycles. The Balaban J connectivity index is 3.55. The predicted octanol–water partition coefficient (Wildman–Crippen LogP) is 2.52. The number of esters is 2. The predicted molar refractivity (Wildman–Crippen MR) is 84.4 cm³/mol. The Labute approximate surface area is 134 Å². The van der Waals surface area contributed by atoms with Gasteiger partial charge in [0.1, 0.15) is 11.3 Å². The standard InChI is InChI=1S/C17H20O6/c1-10(18)15-14(22-11(2)19)7-6-13(8-9-17(4,5)21)16(15)23-12(3)20/h6-9,21H,1-5H3/b9-8+. The van der Waals surface area contributed by atoms with Gasteiger partial charge < -0.3 is 14.6 Å². The van der Waals surface area contributed by atoms with Crippen molar-refractivity contribution in [2.45, 2.75) is 40.2 Å². The molecule has 0 saturated heterocycles. The highest BCUT2D eigenvalue weighted by atomic mass is 16.5. The van der Waals surface area contributed by atoms with E-state index in [9.17, 15) is 19.5 Å². The molecule has 1 aromatic rings. The van der Waals surface area contributed by atoms with E-state index in [0.29, 0.717) is 5.56 Å². The first-order chi connectivity index (χ1) is 10.5. The highest BCUT2D eigenvalue weighted by Crippen LogP contribution is 2.34. The largest absolute Gasteiger partial charge is 0.426 e. The number of carbonyl (C=O) groups is 3.